The molecule has 0 saturated carbocycles. The molecule has 0 unspecified atom stereocenters. The number of fused-ring (bicyclic) bond motifs is 2. The van der Waals surface area contributed by atoms with E-state index in [9.17, 15) is 9.90 Å². The van der Waals surface area contributed by atoms with Crippen molar-refractivity contribution >= 4 is 50.4 Å². The van der Waals surface area contributed by atoms with Gasteiger partial charge in [-0.2, -0.15) is 4.98 Å². The number of benzene rings is 1. The van der Waals surface area contributed by atoms with Gasteiger partial charge in [0.2, 0.25) is 5.95 Å². The van der Waals surface area contributed by atoms with E-state index >= 15 is 0 Å². The minimum Gasteiger partial charge on any atom is -0.395 e. The molecule has 0 bridgehead atoms. The Bertz CT molecular complexity index is 1070. The molecule has 1 aromatic carbocycles. The van der Waals surface area contributed by atoms with Crippen LogP contribution in [0.2, 0.25) is 0 Å². The fraction of sp³-hybridized carbons (Fsp3) is 0.143. The van der Waals surface area contributed by atoms with Crippen LogP contribution in [0.5, 0.6) is 0 Å². The predicted octanol–water partition coefficient (Wildman–Crippen LogP) is 1.45. The van der Waals surface area contributed by atoms with Gasteiger partial charge in [-0.1, -0.05) is 12.1 Å². The molecule has 3 aromatic heterocycles. The smallest absolute Gasteiger partial charge is 0.280 e. The van der Waals surface area contributed by atoms with Crippen LogP contribution in [0.15, 0.2) is 38.6 Å². The Kier molecular flexibility index (Phi) is 3.71. The number of hydrogen-bond acceptors (Lipinski definition) is 8. The van der Waals surface area contributed by atoms with Gasteiger partial charge in [0.15, 0.2) is 20.7 Å². The van der Waals surface area contributed by atoms with Crippen molar-refractivity contribution in [1.82, 2.24) is 24.5 Å². The zero-order valence-electron chi connectivity index (χ0n) is 12.3. The van der Waals surface area contributed by atoms with Crippen LogP contribution in [-0.4, -0.2) is 36.2 Å². The molecular formula is C14H12N6O2S2. The van der Waals surface area contributed by atoms with E-state index in [1.165, 1.54) is 11.8 Å². The molecule has 4 rings (SSSR count). The molecule has 0 aliphatic heterocycles. The Labute approximate surface area is 143 Å². The highest BCUT2D eigenvalue weighted by molar-refractivity contribution is 8.01. The molecule has 0 aliphatic carbocycles. The lowest BCUT2D eigenvalue weighted by molar-refractivity contribution is 0.273. The highest BCUT2D eigenvalue weighted by Crippen LogP contribution is 2.34. The number of para-hydroxylation sites is 1. The first kappa shape index (κ1) is 15.1. The zero-order valence-corrected chi connectivity index (χ0v) is 13.9. The average Bonchev–Trinajstić information content (AvgIpc) is 3.10. The van der Waals surface area contributed by atoms with Gasteiger partial charge in [-0.3, -0.25) is 9.78 Å². The zero-order chi connectivity index (χ0) is 16.7. The third-order valence-electron chi connectivity index (χ3n) is 3.37. The summed E-state index contributed by atoms with van der Waals surface area (Å²) in [6.07, 6.45) is 0. The van der Waals surface area contributed by atoms with Gasteiger partial charge in [-0.15, -0.1) is 11.3 Å². The minimum atomic E-state index is -0.402. The highest BCUT2D eigenvalue weighted by Gasteiger charge is 2.18. The molecule has 4 N–H and O–H groups in total. The Morgan fingerprint density at radius 1 is 1.29 bits per heavy atom. The number of aromatic amines is 1. The van der Waals surface area contributed by atoms with E-state index in [-0.39, 0.29) is 24.6 Å². The fourth-order valence-electron chi connectivity index (χ4n) is 2.36. The second-order valence-electron chi connectivity index (χ2n) is 4.94. The van der Waals surface area contributed by atoms with Crippen LogP contribution >= 0.6 is 23.1 Å². The first-order chi connectivity index (χ1) is 11.7. The van der Waals surface area contributed by atoms with Gasteiger partial charge < -0.3 is 15.4 Å². The second-order valence-corrected chi connectivity index (χ2v) is 7.19. The van der Waals surface area contributed by atoms with E-state index in [0.717, 1.165) is 14.6 Å². The maximum Gasteiger partial charge on any atom is 0.280 e. The number of thiazole rings is 1. The molecular weight excluding hydrogens is 348 g/mol. The minimum absolute atomic E-state index is 0.0168. The number of anilines is 1. The molecule has 10 heteroatoms. The summed E-state index contributed by atoms with van der Waals surface area (Å²) in [5, 5.41) is 9.87. The Morgan fingerprint density at radius 2 is 2.12 bits per heavy atom. The molecule has 24 heavy (non-hydrogen) atoms. The summed E-state index contributed by atoms with van der Waals surface area (Å²) in [5.41, 5.74) is 6.68. The van der Waals surface area contributed by atoms with E-state index < -0.39 is 5.56 Å². The SMILES string of the molecule is Nc1nc2c(nc(Sc3nc4ccccc4s3)n2CCO)c(=O)[nH]1. The van der Waals surface area contributed by atoms with Crippen LogP contribution < -0.4 is 11.3 Å². The predicted molar refractivity (Wildman–Crippen MR) is 93.4 cm³/mol. The lowest BCUT2D eigenvalue weighted by atomic mass is 10.3. The summed E-state index contributed by atoms with van der Waals surface area (Å²) < 4.78 is 3.55. The van der Waals surface area contributed by atoms with Gasteiger partial charge in [0, 0.05) is 6.54 Å². The number of nitrogens with zero attached hydrogens (tertiary/aromatic N) is 4. The Balaban J connectivity index is 1.84. The summed E-state index contributed by atoms with van der Waals surface area (Å²) in [4.78, 5) is 27.5. The van der Waals surface area contributed by atoms with E-state index in [1.54, 1.807) is 15.9 Å². The van der Waals surface area contributed by atoms with E-state index in [1.807, 2.05) is 24.3 Å². The summed E-state index contributed by atoms with van der Waals surface area (Å²) in [5.74, 6) is 0.0168. The van der Waals surface area contributed by atoms with E-state index in [2.05, 4.69) is 19.9 Å². The maximum absolute atomic E-state index is 12.0. The number of rotatable bonds is 4. The number of nitrogens with two attached hydrogens (primary N) is 1. The Morgan fingerprint density at radius 3 is 2.92 bits per heavy atom. The maximum atomic E-state index is 12.0. The summed E-state index contributed by atoms with van der Waals surface area (Å²) in [7, 11) is 0. The van der Waals surface area contributed by atoms with Crippen LogP contribution in [0.3, 0.4) is 0 Å². The number of aromatic nitrogens is 5. The van der Waals surface area contributed by atoms with E-state index in [0.29, 0.717) is 10.8 Å². The average molecular weight is 360 g/mol. The van der Waals surface area contributed by atoms with Crippen molar-refractivity contribution in [3.63, 3.8) is 0 Å². The van der Waals surface area contributed by atoms with Gasteiger partial charge in [0.25, 0.3) is 5.56 Å². The summed E-state index contributed by atoms with van der Waals surface area (Å²) in [6.45, 7) is 0.160. The fourth-order valence-corrected chi connectivity index (χ4v) is 4.44. The standard InChI is InChI=1S/C14H12N6O2S2/c15-12-18-10-9(11(22)19-12)17-13(20(10)5-6-21)24-14-16-7-3-1-2-4-8(7)23-14/h1-4,21H,5-6H2,(H3,15,18,19,22). The van der Waals surface area contributed by atoms with Crippen LogP contribution in [0.4, 0.5) is 5.95 Å². The molecule has 0 amide bonds. The van der Waals surface area contributed by atoms with Crippen molar-refractivity contribution in [3.05, 3.63) is 34.6 Å². The van der Waals surface area contributed by atoms with Gasteiger partial charge in [-0.25, -0.2) is 9.97 Å². The van der Waals surface area contributed by atoms with Crippen LogP contribution in [-0.2, 0) is 6.54 Å². The molecule has 0 aliphatic rings. The van der Waals surface area contributed by atoms with Crippen molar-refractivity contribution in [2.45, 2.75) is 16.0 Å². The number of hydrogen-bond donors (Lipinski definition) is 3. The van der Waals surface area contributed by atoms with Crippen molar-refractivity contribution in [3.8, 4) is 0 Å². The number of H-pyrrole nitrogens is 1. The number of aliphatic hydroxyl groups is 1. The first-order valence-electron chi connectivity index (χ1n) is 7.06. The molecule has 4 aromatic rings. The highest BCUT2D eigenvalue weighted by atomic mass is 32.2. The van der Waals surface area contributed by atoms with Crippen molar-refractivity contribution in [1.29, 1.82) is 0 Å². The largest absolute Gasteiger partial charge is 0.395 e. The molecule has 122 valence electrons. The van der Waals surface area contributed by atoms with Crippen LogP contribution in [0.25, 0.3) is 21.4 Å². The van der Waals surface area contributed by atoms with E-state index in [4.69, 9.17) is 5.73 Å². The molecule has 0 atom stereocenters. The molecule has 8 nitrogen and oxygen atoms in total. The number of nitrogen functional groups attached to an aromatic ring is 1. The first-order valence-corrected chi connectivity index (χ1v) is 8.69. The molecule has 3 heterocycles. The second kappa shape index (κ2) is 5.89. The third kappa shape index (κ3) is 2.54. The molecule has 0 spiro atoms. The number of nitrogens with one attached hydrogen (secondary N) is 1. The van der Waals surface area contributed by atoms with Crippen LogP contribution in [0, 0.1) is 0 Å². The van der Waals surface area contributed by atoms with Gasteiger partial charge in [-0.05, 0) is 23.9 Å². The lowest BCUT2D eigenvalue weighted by Gasteiger charge is -2.04. The molecule has 0 fully saturated rings. The summed E-state index contributed by atoms with van der Waals surface area (Å²) in [6, 6.07) is 7.84. The van der Waals surface area contributed by atoms with Gasteiger partial charge >= 0.3 is 0 Å². The monoisotopic (exact) mass is 360 g/mol. The lowest BCUT2D eigenvalue weighted by Crippen LogP contribution is -2.12. The quantitative estimate of drug-likeness (QED) is 0.503. The van der Waals surface area contributed by atoms with Crippen molar-refractivity contribution < 1.29 is 5.11 Å². The van der Waals surface area contributed by atoms with Gasteiger partial charge in [0.1, 0.15) is 0 Å². The summed E-state index contributed by atoms with van der Waals surface area (Å²) >= 11 is 2.88. The Hall–Kier alpha value is -2.43. The molecule has 0 radical (unpaired) electrons. The van der Waals surface area contributed by atoms with Crippen molar-refractivity contribution in [2.75, 3.05) is 12.3 Å². The number of aliphatic hydroxyl groups excluding tert-OH is 1. The topological polar surface area (TPSA) is 123 Å². The number of imidazole rings is 1. The van der Waals surface area contributed by atoms with Gasteiger partial charge in [0.05, 0.1) is 16.8 Å². The third-order valence-corrected chi connectivity index (χ3v) is 5.46. The normalized spacial score (nSPS) is 11.5. The van der Waals surface area contributed by atoms with Crippen LogP contribution in [0.1, 0.15) is 0 Å². The van der Waals surface area contributed by atoms with Crippen molar-refractivity contribution in [2.24, 2.45) is 0 Å². The molecule has 0 saturated heterocycles.